The van der Waals surface area contributed by atoms with Crippen LogP contribution in [0.5, 0.6) is 0 Å². The van der Waals surface area contributed by atoms with Gasteiger partial charge in [0.25, 0.3) is 5.92 Å². The van der Waals surface area contributed by atoms with E-state index < -0.39 is 48.4 Å². The number of benzene rings is 2. The molecule has 1 aliphatic carbocycles. The summed E-state index contributed by atoms with van der Waals surface area (Å²) in [7, 11) is 0. The van der Waals surface area contributed by atoms with Crippen molar-refractivity contribution in [1.82, 2.24) is 10.3 Å². The molecule has 0 spiro atoms. The smallest absolute Gasteiger partial charge is 0.252 e. The third-order valence-corrected chi connectivity index (χ3v) is 7.20. The molecule has 5 rings (SSSR count). The largest absolute Gasteiger partial charge is 0.351 e. The van der Waals surface area contributed by atoms with Crippen molar-refractivity contribution in [2.75, 3.05) is 16.3 Å². The third kappa shape index (κ3) is 9.63. The summed E-state index contributed by atoms with van der Waals surface area (Å²) in [6.07, 6.45) is 8.03. The van der Waals surface area contributed by atoms with Gasteiger partial charge in [0.05, 0.1) is 0 Å². The molecule has 238 valence electrons. The van der Waals surface area contributed by atoms with Crippen molar-refractivity contribution in [3.05, 3.63) is 89.6 Å². The second kappa shape index (κ2) is 16.4. The van der Waals surface area contributed by atoms with E-state index >= 15 is 0 Å². The van der Waals surface area contributed by atoms with Gasteiger partial charge in [-0.15, -0.1) is 6.42 Å². The van der Waals surface area contributed by atoms with Gasteiger partial charge in [-0.2, -0.15) is 0 Å². The monoisotopic (exact) mass is 624 g/mol. The molecule has 2 aliphatic rings. The lowest BCUT2D eigenvalue weighted by atomic mass is 9.88. The minimum absolute atomic E-state index is 0.0329. The summed E-state index contributed by atoms with van der Waals surface area (Å²) in [6.45, 7) is 4.75. The number of carbonyl (C=O) groups excluding carboxylic acids is 3. The minimum atomic E-state index is -2.81. The van der Waals surface area contributed by atoms with Crippen LogP contribution in [0.4, 0.5) is 29.1 Å². The zero-order chi connectivity index (χ0) is 33.0. The fraction of sp³-hybridized carbons (Fsp3) is 0.353. The van der Waals surface area contributed by atoms with Crippen LogP contribution in [0.3, 0.4) is 0 Å². The van der Waals surface area contributed by atoms with Crippen LogP contribution in [-0.2, 0) is 20.8 Å². The molecule has 3 amide bonds. The minimum Gasteiger partial charge on any atom is -0.351 e. The Bertz CT molecular complexity index is 1500. The highest BCUT2D eigenvalue weighted by atomic mass is 19.3. The topological polar surface area (TPSA) is 82.6 Å². The molecule has 1 atom stereocenters. The summed E-state index contributed by atoms with van der Waals surface area (Å²) < 4.78 is 53.7. The van der Waals surface area contributed by atoms with Gasteiger partial charge >= 0.3 is 0 Å². The van der Waals surface area contributed by atoms with Gasteiger partial charge < -0.3 is 10.2 Å². The number of pyridine rings is 1. The number of hydrogen-bond donors (Lipinski definition) is 1. The average Bonchev–Trinajstić information content (AvgIpc) is 3.46. The number of terminal acetylenes is 1. The maximum atomic E-state index is 13.9. The van der Waals surface area contributed by atoms with Crippen molar-refractivity contribution >= 4 is 29.7 Å². The van der Waals surface area contributed by atoms with E-state index in [1.54, 1.807) is 35.4 Å². The number of rotatable bonds is 9. The summed E-state index contributed by atoms with van der Waals surface area (Å²) in [5.74, 6) is -1.17. The first kappa shape index (κ1) is 34.8. The lowest BCUT2D eigenvalue weighted by Gasteiger charge is -2.37. The molecular formula is C34H36F4N4O3. The number of anilines is 2. The van der Waals surface area contributed by atoms with Crippen molar-refractivity contribution in [3.8, 4) is 12.3 Å². The molecule has 45 heavy (non-hydrogen) atoms. The van der Waals surface area contributed by atoms with Crippen molar-refractivity contribution < 1.29 is 31.9 Å². The Morgan fingerprint density at radius 2 is 1.89 bits per heavy atom. The molecule has 11 heteroatoms. The van der Waals surface area contributed by atoms with E-state index in [1.165, 1.54) is 30.3 Å². The third-order valence-electron chi connectivity index (χ3n) is 7.20. The summed E-state index contributed by atoms with van der Waals surface area (Å²) in [5.41, 5.74) is 1.26. The molecule has 1 N–H and O–H groups in total. The SMILES string of the molecule is C#Cc1ccnc(N2CCCC2=O)c1.CC.O=CN(c1cccc(F)c1)C(CCc1ccccc1F)C(=O)NC1CC(F)(F)C1. The molecule has 3 aromatic rings. The molecule has 1 aromatic heterocycles. The van der Waals surface area contributed by atoms with Gasteiger partial charge in [-0.3, -0.25) is 19.3 Å². The highest BCUT2D eigenvalue weighted by molar-refractivity contribution is 5.94. The van der Waals surface area contributed by atoms with Crippen LogP contribution >= 0.6 is 0 Å². The summed E-state index contributed by atoms with van der Waals surface area (Å²) in [4.78, 5) is 42.8. The van der Waals surface area contributed by atoms with Crippen LogP contribution in [0.25, 0.3) is 0 Å². The Hall–Kier alpha value is -4.72. The normalized spacial score (nSPS) is 15.7. The van der Waals surface area contributed by atoms with Crippen LogP contribution in [0.2, 0.25) is 0 Å². The van der Waals surface area contributed by atoms with E-state index in [9.17, 15) is 31.9 Å². The summed E-state index contributed by atoms with van der Waals surface area (Å²) in [6, 6.07) is 12.9. The van der Waals surface area contributed by atoms with E-state index in [1.807, 2.05) is 13.8 Å². The Morgan fingerprint density at radius 1 is 1.16 bits per heavy atom. The second-order valence-corrected chi connectivity index (χ2v) is 10.3. The molecule has 1 aliphatic heterocycles. The van der Waals surface area contributed by atoms with Gasteiger partial charge in [0.1, 0.15) is 23.5 Å². The van der Waals surface area contributed by atoms with Crippen molar-refractivity contribution in [1.29, 1.82) is 0 Å². The van der Waals surface area contributed by atoms with E-state index in [4.69, 9.17) is 6.42 Å². The van der Waals surface area contributed by atoms with Gasteiger partial charge in [0.15, 0.2) is 0 Å². The quantitative estimate of drug-likeness (QED) is 0.178. The van der Waals surface area contributed by atoms with E-state index in [-0.39, 0.29) is 24.4 Å². The second-order valence-electron chi connectivity index (χ2n) is 10.3. The van der Waals surface area contributed by atoms with E-state index in [2.05, 4.69) is 16.2 Å². The lowest BCUT2D eigenvalue weighted by molar-refractivity contribution is -0.131. The van der Waals surface area contributed by atoms with Crippen molar-refractivity contribution in [2.24, 2.45) is 0 Å². The maximum absolute atomic E-state index is 13.9. The number of alkyl halides is 2. The van der Waals surface area contributed by atoms with E-state index in [0.717, 1.165) is 29.5 Å². The predicted molar refractivity (Wildman–Crippen MR) is 165 cm³/mol. The summed E-state index contributed by atoms with van der Waals surface area (Å²) >= 11 is 0. The first-order valence-corrected chi connectivity index (χ1v) is 14.7. The number of nitrogens with one attached hydrogen (secondary N) is 1. The fourth-order valence-corrected chi connectivity index (χ4v) is 4.95. The standard InChI is InChI=1S/C21H20F4N2O2.C11H10N2O.C2H6/c22-15-5-3-6-17(10-15)27(13-28)19(9-8-14-4-1-2-7-18(14)23)20(29)26-16-11-21(24,25)12-16;1-2-9-5-6-12-10(8-9)13-7-3-4-11(13)14;1-2/h1-7,10,13,16,19H,8-9,11-12H2,(H,26,29);1,5-6,8H,3-4,7H2;1-2H3. The highest BCUT2D eigenvalue weighted by Gasteiger charge is 2.46. The molecular weight excluding hydrogens is 588 g/mol. The maximum Gasteiger partial charge on any atom is 0.252 e. The average molecular weight is 625 g/mol. The van der Waals surface area contributed by atoms with Crippen LogP contribution in [0, 0.1) is 24.0 Å². The predicted octanol–water partition coefficient (Wildman–Crippen LogP) is 6.06. The van der Waals surface area contributed by atoms with Gasteiger partial charge in [0.2, 0.25) is 18.2 Å². The van der Waals surface area contributed by atoms with Crippen LogP contribution < -0.4 is 15.1 Å². The van der Waals surface area contributed by atoms with Gasteiger partial charge in [-0.25, -0.2) is 22.5 Å². The van der Waals surface area contributed by atoms with Crippen LogP contribution in [0.1, 0.15) is 57.1 Å². The van der Waals surface area contributed by atoms with E-state index in [0.29, 0.717) is 24.2 Å². The number of halogens is 4. The Morgan fingerprint density at radius 3 is 2.49 bits per heavy atom. The zero-order valence-electron chi connectivity index (χ0n) is 25.2. The van der Waals surface area contributed by atoms with Crippen LogP contribution in [-0.4, -0.2) is 47.8 Å². The zero-order valence-corrected chi connectivity index (χ0v) is 25.2. The molecule has 1 saturated heterocycles. The van der Waals surface area contributed by atoms with Crippen LogP contribution in [0.15, 0.2) is 66.9 Å². The van der Waals surface area contributed by atoms with Crippen molar-refractivity contribution in [2.45, 2.75) is 70.4 Å². The number of aromatic nitrogens is 1. The van der Waals surface area contributed by atoms with Gasteiger partial charge in [-0.05, 0) is 61.2 Å². The number of nitrogens with zero attached hydrogens (tertiary/aromatic N) is 3. The van der Waals surface area contributed by atoms with Gasteiger partial charge in [-0.1, -0.05) is 44.0 Å². The number of aryl methyl sites for hydroxylation is 1. The molecule has 2 fully saturated rings. The molecule has 7 nitrogen and oxygen atoms in total. The molecule has 1 saturated carbocycles. The molecule has 2 heterocycles. The number of hydrogen-bond acceptors (Lipinski definition) is 4. The number of amides is 3. The summed E-state index contributed by atoms with van der Waals surface area (Å²) in [5, 5.41) is 2.52. The first-order valence-electron chi connectivity index (χ1n) is 14.7. The Labute approximate surface area is 260 Å². The molecule has 0 radical (unpaired) electrons. The molecule has 1 unspecified atom stereocenters. The molecule has 0 bridgehead atoms. The van der Waals surface area contributed by atoms with Crippen molar-refractivity contribution in [3.63, 3.8) is 0 Å². The number of carbonyl (C=O) groups is 3. The first-order chi connectivity index (χ1) is 21.6. The fourth-order valence-electron chi connectivity index (χ4n) is 4.95. The highest BCUT2D eigenvalue weighted by Crippen LogP contribution is 2.37. The van der Waals surface area contributed by atoms with Gasteiger partial charge in [0, 0.05) is 49.3 Å². The lowest BCUT2D eigenvalue weighted by Crippen LogP contribution is -2.56. The Balaban J connectivity index is 0.000000287. The Kier molecular flexibility index (Phi) is 12.7. The molecule has 2 aromatic carbocycles.